The van der Waals surface area contributed by atoms with Gasteiger partial charge in [-0.2, -0.15) is 0 Å². The third kappa shape index (κ3) is 2.23. The Bertz CT molecular complexity index is 363. The van der Waals surface area contributed by atoms with Gasteiger partial charge in [0.15, 0.2) is 0 Å². The highest BCUT2D eigenvalue weighted by Gasteiger charge is 2.29. The van der Waals surface area contributed by atoms with Crippen LogP contribution in [0, 0.1) is 0 Å². The fourth-order valence-electron chi connectivity index (χ4n) is 1.89. The molecule has 0 radical (unpaired) electrons. The zero-order valence-corrected chi connectivity index (χ0v) is 9.66. The third-order valence-corrected chi connectivity index (χ3v) is 3.30. The Morgan fingerprint density at radius 1 is 1.60 bits per heavy atom. The van der Waals surface area contributed by atoms with E-state index in [1.165, 1.54) is 0 Å². The number of carboxylic acids is 1. The normalized spacial score (nSPS) is 26.5. The molecule has 1 aliphatic heterocycles. The Morgan fingerprint density at radius 3 is 3.00 bits per heavy atom. The number of hydrogen-bond donors (Lipinski definition) is 2. The number of rotatable bonds is 2. The van der Waals surface area contributed by atoms with E-state index in [1.54, 1.807) is 6.26 Å². The number of carbonyl (C=O) groups is 1. The molecule has 0 amide bonds. The van der Waals surface area contributed by atoms with E-state index in [0.29, 0.717) is 6.42 Å². The van der Waals surface area contributed by atoms with Gasteiger partial charge in [0, 0.05) is 0 Å². The van der Waals surface area contributed by atoms with Crippen LogP contribution in [0.15, 0.2) is 21.2 Å². The minimum Gasteiger partial charge on any atom is -0.480 e. The van der Waals surface area contributed by atoms with Crippen LogP contribution in [0.1, 0.15) is 31.1 Å². The van der Waals surface area contributed by atoms with E-state index in [9.17, 15) is 4.79 Å². The first kappa shape index (κ1) is 10.7. The maximum atomic E-state index is 10.8. The van der Waals surface area contributed by atoms with Crippen LogP contribution in [-0.4, -0.2) is 17.1 Å². The third-order valence-electron chi connectivity index (χ3n) is 2.65. The summed E-state index contributed by atoms with van der Waals surface area (Å²) in [6.07, 6.45) is 4.10. The second-order valence-electron chi connectivity index (χ2n) is 3.67. The molecule has 1 saturated heterocycles. The molecule has 2 unspecified atom stereocenters. The topological polar surface area (TPSA) is 62.5 Å². The van der Waals surface area contributed by atoms with Crippen LogP contribution >= 0.6 is 15.9 Å². The minimum atomic E-state index is -0.789. The van der Waals surface area contributed by atoms with Gasteiger partial charge in [-0.05, 0) is 41.3 Å². The Balaban J connectivity index is 2.11. The number of halogens is 1. The number of furan rings is 1. The van der Waals surface area contributed by atoms with Crippen LogP contribution in [0.5, 0.6) is 0 Å². The molecule has 2 atom stereocenters. The van der Waals surface area contributed by atoms with E-state index in [1.807, 2.05) is 6.07 Å². The van der Waals surface area contributed by atoms with Crippen LogP contribution in [0.2, 0.25) is 0 Å². The van der Waals surface area contributed by atoms with Crippen molar-refractivity contribution in [2.75, 3.05) is 0 Å². The molecule has 0 saturated carbocycles. The quantitative estimate of drug-likeness (QED) is 0.868. The summed E-state index contributed by atoms with van der Waals surface area (Å²) in [7, 11) is 0. The highest BCUT2D eigenvalue weighted by molar-refractivity contribution is 9.10. The van der Waals surface area contributed by atoms with Gasteiger partial charge in [-0.1, -0.05) is 0 Å². The summed E-state index contributed by atoms with van der Waals surface area (Å²) in [5, 5.41) is 12.0. The van der Waals surface area contributed by atoms with Gasteiger partial charge in [0.05, 0.1) is 16.8 Å². The van der Waals surface area contributed by atoms with Gasteiger partial charge in [0.2, 0.25) is 0 Å². The molecule has 1 aromatic rings. The highest BCUT2D eigenvalue weighted by atomic mass is 79.9. The van der Waals surface area contributed by atoms with Gasteiger partial charge in [-0.25, -0.2) is 0 Å². The summed E-state index contributed by atoms with van der Waals surface area (Å²) in [5.41, 5.74) is 0. The number of nitrogens with one attached hydrogen (secondary N) is 1. The Morgan fingerprint density at radius 2 is 2.40 bits per heavy atom. The molecule has 1 aromatic heterocycles. The zero-order valence-electron chi connectivity index (χ0n) is 8.07. The number of aliphatic carboxylic acids is 1. The Hall–Kier alpha value is -0.810. The SMILES string of the molecule is O=C(O)C1CCCC(c2occc2Br)N1. The molecule has 2 N–H and O–H groups in total. The maximum Gasteiger partial charge on any atom is 0.320 e. The zero-order chi connectivity index (χ0) is 10.8. The Kier molecular flexibility index (Phi) is 3.11. The van der Waals surface area contributed by atoms with Crippen LogP contribution in [0.25, 0.3) is 0 Å². The lowest BCUT2D eigenvalue weighted by atomic mass is 9.97. The minimum absolute atomic E-state index is 0.00391. The lowest BCUT2D eigenvalue weighted by molar-refractivity contribution is -0.140. The molecule has 0 aromatic carbocycles. The average molecular weight is 274 g/mol. The molecule has 5 heteroatoms. The van der Waals surface area contributed by atoms with Crippen molar-refractivity contribution in [2.45, 2.75) is 31.3 Å². The second-order valence-corrected chi connectivity index (χ2v) is 4.53. The number of carboxylic acid groups (broad SMARTS) is 1. The first-order valence-electron chi connectivity index (χ1n) is 4.90. The molecule has 0 spiro atoms. The van der Waals surface area contributed by atoms with Gasteiger partial charge in [0.1, 0.15) is 11.8 Å². The molecule has 15 heavy (non-hydrogen) atoms. The predicted octanol–water partition coefficient (Wildman–Crippen LogP) is 2.31. The van der Waals surface area contributed by atoms with Gasteiger partial charge in [-0.15, -0.1) is 0 Å². The van der Waals surface area contributed by atoms with Crippen molar-refractivity contribution in [2.24, 2.45) is 0 Å². The van der Waals surface area contributed by atoms with Crippen molar-refractivity contribution in [3.05, 3.63) is 22.6 Å². The summed E-state index contributed by atoms with van der Waals surface area (Å²) in [4.78, 5) is 10.8. The van der Waals surface area contributed by atoms with Crippen molar-refractivity contribution in [3.63, 3.8) is 0 Å². The van der Waals surface area contributed by atoms with Crippen LogP contribution < -0.4 is 5.32 Å². The molecule has 1 fully saturated rings. The Labute approximate surface area is 95.8 Å². The molecule has 0 bridgehead atoms. The van der Waals surface area contributed by atoms with Crippen molar-refractivity contribution < 1.29 is 14.3 Å². The first-order chi connectivity index (χ1) is 7.18. The van der Waals surface area contributed by atoms with Crippen molar-refractivity contribution in [1.82, 2.24) is 5.32 Å². The van der Waals surface area contributed by atoms with E-state index < -0.39 is 12.0 Å². The van der Waals surface area contributed by atoms with E-state index >= 15 is 0 Å². The standard InChI is InChI=1S/C10H12BrNO3/c11-6-4-5-15-9(6)7-2-1-3-8(12-7)10(13)14/h4-5,7-8,12H,1-3H2,(H,13,14). The summed E-state index contributed by atoms with van der Waals surface area (Å²) < 4.78 is 6.22. The number of hydrogen-bond acceptors (Lipinski definition) is 3. The molecular formula is C10H12BrNO3. The predicted molar refractivity (Wildman–Crippen MR) is 57.6 cm³/mol. The molecule has 2 heterocycles. The maximum absolute atomic E-state index is 10.8. The smallest absolute Gasteiger partial charge is 0.320 e. The summed E-state index contributed by atoms with van der Waals surface area (Å²) >= 11 is 3.38. The lowest BCUT2D eigenvalue weighted by Gasteiger charge is -2.27. The van der Waals surface area contributed by atoms with Crippen molar-refractivity contribution >= 4 is 21.9 Å². The molecule has 1 aliphatic rings. The van der Waals surface area contributed by atoms with Crippen molar-refractivity contribution in [3.8, 4) is 0 Å². The van der Waals surface area contributed by atoms with Gasteiger partial charge >= 0.3 is 5.97 Å². The largest absolute Gasteiger partial charge is 0.480 e. The van der Waals surface area contributed by atoms with Gasteiger partial charge in [0.25, 0.3) is 0 Å². The fourth-order valence-corrected chi connectivity index (χ4v) is 2.37. The first-order valence-corrected chi connectivity index (χ1v) is 5.69. The molecular weight excluding hydrogens is 262 g/mol. The summed E-state index contributed by atoms with van der Waals surface area (Å²) in [6, 6.07) is 1.37. The molecule has 82 valence electrons. The van der Waals surface area contributed by atoms with Gasteiger partial charge < -0.3 is 9.52 Å². The monoisotopic (exact) mass is 273 g/mol. The second kappa shape index (κ2) is 4.37. The lowest BCUT2D eigenvalue weighted by Crippen LogP contribution is -2.42. The van der Waals surface area contributed by atoms with Crippen LogP contribution in [0.3, 0.4) is 0 Å². The summed E-state index contributed by atoms with van der Waals surface area (Å²) in [5.74, 6) is 0.00308. The molecule has 0 aliphatic carbocycles. The molecule has 4 nitrogen and oxygen atoms in total. The highest BCUT2D eigenvalue weighted by Crippen LogP contribution is 2.31. The average Bonchev–Trinajstić information content (AvgIpc) is 2.64. The summed E-state index contributed by atoms with van der Waals surface area (Å²) in [6.45, 7) is 0. The van der Waals surface area contributed by atoms with Crippen LogP contribution in [0.4, 0.5) is 0 Å². The van der Waals surface area contributed by atoms with Crippen LogP contribution in [-0.2, 0) is 4.79 Å². The number of piperidine rings is 1. The fraction of sp³-hybridized carbons (Fsp3) is 0.500. The van der Waals surface area contributed by atoms with Crippen molar-refractivity contribution in [1.29, 1.82) is 0 Å². The van der Waals surface area contributed by atoms with E-state index in [4.69, 9.17) is 9.52 Å². The van der Waals surface area contributed by atoms with E-state index in [-0.39, 0.29) is 6.04 Å². The van der Waals surface area contributed by atoms with E-state index in [0.717, 1.165) is 23.1 Å². The van der Waals surface area contributed by atoms with Gasteiger partial charge in [-0.3, -0.25) is 10.1 Å². The molecule has 2 rings (SSSR count). The van der Waals surface area contributed by atoms with E-state index in [2.05, 4.69) is 21.2 Å².